The quantitative estimate of drug-likeness (QED) is 0.902. The highest BCUT2D eigenvalue weighted by molar-refractivity contribution is 5.90. The fourth-order valence-electron chi connectivity index (χ4n) is 1.47. The van der Waals surface area contributed by atoms with Gasteiger partial charge in [0.2, 0.25) is 0 Å². The maximum atomic E-state index is 11.0. The van der Waals surface area contributed by atoms with E-state index in [1.165, 1.54) is 18.2 Å². The van der Waals surface area contributed by atoms with Crippen molar-refractivity contribution in [2.24, 2.45) is 0 Å². The predicted molar refractivity (Wildman–Crippen MR) is 65.0 cm³/mol. The number of aromatic nitrogens is 2. The summed E-state index contributed by atoms with van der Waals surface area (Å²) in [6.45, 7) is 1.69. The molecule has 0 spiro atoms. The van der Waals surface area contributed by atoms with Gasteiger partial charge in [-0.25, -0.2) is 9.78 Å². The zero-order valence-corrected chi connectivity index (χ0v) is 9.99. The van der Waals surface area contributed by atoms with Crippen LogP contribution in [0.5, 0.6) is 11.8 Å². The molecule has 19 heavy (non-hydrogen) atoms. The molecule has 0 saturated heterocycles. The summed E-state index contributed by atoms with van der Waals surface area (Å²) in [5.41, 5.74) is 0.732. The highest BCUT2D eigenvalue weighted by Crippen LogP contribution is 2.23. The number of ether oxygens (including phenoxy) is 1. The summed E-state index contributed by atoms with van der Waals surface area (Å²) >= 11 is 0. The highest BCUT2D eigenvalue weighted by atomic mass is 16.5. The lowest BCUT2D eigenvalue weighted by atomic mass is 10.2. The van der Waals surface area contributed by atoms with Crippen molar-refractivity contribution >= 4 is 5.97 Å². The molecule has 94 valence electrons. The zero-order valence-electron chi connectivity index (χ0n) is 9.99. The topological polar surface area (TPSA) is 96.1 Å². The molecule has 0 unspecified atom stereocenters. The third-order valence-electron chi connectivity index (χ3n) is 2.27. The Kier molecular flexibility index (Phi) is 3.39. The smallest absolute Gasteiger partial charge is 0.339 e. The molecule has 2 rings (SSSR count). The summed E-state index contributed by atoms with van der Waals surface area (Å²) in [5.74, 6) is -0.978. The summed E-state index contributed by atoms with van der Waals surface area (Å²) in [6, 6.07) is 9.49. The SMILES string of the molecule is Cc1cc(C#N)nc(Oc2ccccc2C(=O)O)n1. The second-order valence-corrected chi connectivity index (χ2v) is 3.69. The van der Waals surface area contributed by atoms with Crippen molar-refractivity contribution in [2.45, 2.75) is 6.92 Å². The van der Waals surface area contributed by atoms with Gasteiger partial charge < -0.3 is 9.84 Å². The van der Waals surface area contributed by atoms with Crippen LogP contribution in [0, 0.1) is 18.3 Å². The van der Waals surface area contributed by atoms with Gasteiger partial charge in [0.15, 0.2) is 0 Å². The average molecular weight is 255 g/mol. The normalized spacial score (nSPS) is 9.68. The number of carboxylic acids is 1. The minimum Gasteiger partial charge on any atom is -0.478 e. The van der Waals surface area contributed by atoms with E-state index < -0.39 is 5.97 Å². The average Bonchev–Trinajstić information content (AvgIpc) is 2.38. The zero-order chi connectivity index (χ0) is 13.8. The van der Waals surface area contributed by atoms with E-state index in [-0.39, 0.29) is 23.0 Å². The van der Waals surface area contributed by atoms with Crippen LogP contribution < -0.4 is 4.74 Å². The van der Waals surface area contributed by atoms with Gasteiger partial charge in [-0.05, 0) is 25.1 Å². The molecule has 0 bridgehead atoms. The number of carbonyl (C=O) groups is 1. The van der Waals surface area contributed by atoms with E-state index in [1.807, 2.05) is 6.07 Å². The van der Waals surface area contributed by atoms with E-state index in [1.54, 1.807) is 19.1 Å². The largest absolute Gasteiger partial charge is 0.478 e. The molecular formula is C13H9N3O3. The maximum absolute atomic E-state index is 11.0. The first-order valence-electron chi connectivity index (χ1n) is 5.36. The predicted octanol–water partition coefficient (Wildman–Crippen LogP) is 2.15. The molecule has 6 heteroatoms. The summed E-state index contributed by atoms with van der Waals surface area (Å²) in [7, 11) is 0. The van der Waals surface area contributed by atoms with Gasteiger partial charge in [-0.2, -0.15) is 10.2 Å². The van der Waals surface area contributed by atoms with Crippen LogP contribution in [-0.2, 0) is 0 Å². The van der Waals surface area contributed by atoms with E-state index in [0.717, 1.165) is 0 Å². The Labute approximate surface area is 108 Å². The molecule has 0 aliphatic rings. The van der Waals surface area contributed by atoms with Crippen molar-refractivity contribution in [1.82, 2.24) is 9.97 Å². The number of nitriles is 1. The lowest BCUT2D eigenvalue weighted by Crippen LogP contribution is -2.02. The Bertz CT molecular complexity index is 677. The monoisotopic (exact) mass is 255 g/mol. The van der Waals surface area contributed by atoms with Gasteiger partial charge in [0.1, 0.15) is 23.1 Å². The molecule has 0 amide bonds. The Morgan fingerprint density at radius 1 is 1.37 bits per heavy atom. The minimum absolute atomic E-state index is 0.00566. The lowest BCUT2D eigenvalue weighted by molar-refractivity contribution is 0.0694. The van der Waals surface area contributed by atoms with Crippen LogP contribution in [-0.4, -0.2) is 21.0 Å². The Hall–Kier alpha value is -2.94. The number of carboxylic acid groups (broad SMARTS) is 1. The molecule has 1 N–H and O–H groups in total. The van der Waals surface area contributed by atoms with Crippen molar-refractivity contribution in [3.8, 4) is 17.8 Å². The number of aromatic carboxylic acids is 1. The third-order valence-corrected chi connectivity index (χ3v) is 2.27. The Morgan fingerprint density at radius 2 is 2.11 bits per heavy atom. The number of aryl methyl sites for hydroxylation is 1. The van der Waals surface area contributed by atoms with Crippen molar-refractivity contribution in [1.29, 1.82) is 5.26 Å². The van der Waals surface area contributed by atoms with Crippen molar-refractivity contribution < 1.29 is 14.6 Å². The van der Waals surface area contributed by atoms with Gasteiger partial charge in [0.05, 0.1) is 0 Å². The van der Waals surface area contributed by atoms with Crippen LogP contribution in [0.2, 0.25) is 0 Å². The van der Waals surface area contributed by atoms with Crippen LogP contribution in [0.25, 0.3) is 0 Å². The fraction of sp³-hybridized carbons (Fsp3) is 0.0769. The molecule has 0 atom stereocenters. The van der Waals surface area contributed by atoms with Gasteiger partial charge in [0.25, 0.3) is 0 Å². The standard InChI is InChI=1S/C13H9N3O3/c1-8-6-9(7-14)16-13(15-8)19-11-5-3-2-4-10(11)12(17)18/h2-6H,1H3,(H,17,18). The summed E-state index contributed by atoms with van der Waals surface area (Å²) in [5, 5.41) is 17.8. The molecule has 0 fully saturated rings. The first kappa shape index (κ1) is 12.5. The van der Waals surface area contributed by atoms with E-state index >= 15 is 0 Å². The van der Waals surface area contributed by atoms with Gasteiger partial charge in [0, 0.05) is 5.69 Å². The summed E-state index contributed by atoms with van der Waals surface area (Å²) < 4.78 is 5.34. The van der Waals surface area contributed by atoms with Crippen LogP contribution in [0.4, 0.5) is 0 Å². The first-order chi connectivity index (χ1) is 9.10. The second kappa shape index (κ2) is 5.14. The molecule has 0 aliphatic heterocycles. The molecule has 1 heterocycles. The molecule has 6 nitrogen and oxygen atoms in total. The van der Waals surface area contributed by atoms with Crippen LogP contribution in [0.15, 0.2) is 30.3 Å². The fourth-order valence-corrected chi connectivity index (χ4v) is 1.47. The van der Waals surface area contributed by atoms with Gasteiger partial charge in [-0.15, -0.1) is 0 Å². The van der Waals surface area contributed by atoms with E-state index in [2.05, 4.69) is 9.97 Å². The number of benzene rings is 1. The van der Waals surface area contributed by atoms with Crippen LogP contribution in [0.3, 0.4) is 0 Å². The molecule has 0 radical (unpaired) electrons. The summed E-state index contributed by atoms with van der Waals surface area (Å²) in [6.07, 6.45) is 0. The number of para-hydroxylation sites is 1. The first-order valence-corrected chi connectivity index (χ1v) is 5.36. The van der Waals surface area contributed by atoms with E-state index in [4.69, 9.17) is 15.1 Å². The van der Waals surface area contributed by atoms with Gasteiger partial charge >= 0.3 is 12.0 Å². The van der Waals surface area contributed by atoms with Crippen molar-refractivity contribution in [3.05, 3.63) is 47.3 Å². The van der Waals surface area contributed by atoms with Gasteiger partial charge in [-0.1, -0.05) is 12.1 Å². The number of rotatable bonds is 3. The number of hydrogen-bond acceptors (Lipinski definition) is 5. The maximum Gasteiger partial charge on any atom is 0.339 e. The number of hydrogen-bond donors (Lipinski definition) is 1. The molecule has 0 saturated carbocycles. The third kappa shape index (κ3) is 2.84. The number of nitrogens with zero attached hydrogens (tertiary/aromatic N) is 3. The molecule has 0 aliphatic carbocycles. The van der Waals surface area contributed by atoms with Crippen molar-refractivity contribution in [3.63, 3.8) is 0 Å². The van der Waals surface area contributed by atoms with Crippen molar-refractivity contribution in [2.75, 3.05) is 0 Å². The molecule has 1 aromatic carbocycles. The Morgan fingerprint density at radius 3 is 2.79 bits per heavy atom. The highest BCUT2D eigenvalue weighted by Gasteiger charge is 2.12. The molecule has 2 aromatic rings. The molecule has 1 aromatic heterocycles. The lowest BCUT2D eigenvalue weighted by Gasteiger charge is -2.07. The van der Waals surface area contributed by atoms with Crippen LogP contribution in [0.1, 0.15) is 21.7 Å². The van der Waals surface area contributed by atoms with Gasteiger partial charge in [-0.3, -0.25) is 0 Å². The second-order valence-electron chi connectivity index (χ2n) is 3.69. The van der Waals surface area contributed by atoms with E-state index in [0.29, 0.717) is 5.69 Å². The van der Waals surface area contributed by atoms with E-state index in [9.17, 15) is 4.79 Å². The Balaban J connectivity index is 2.39. The summed E-state index contributed by atoms with van der Waals surface area (Å²) in [4.78, 5) is 18.9. The van der Waals surface area contributed by atoms with Crippen LogP contribution >= 0.6 is 0 Å². The minimum atomic E-state index is -1.11. The molecular weight excluding hydrogens is 246 g/mol.